The molecule has 0 spiro atoms. The lowest BCUT2D eigenvalue weighted by Crippen LogP contribution is -2.30. The van der Waals surface area contributed by atoms with Crippen LogP contribution in [0.15, 0.2) is 28.7 Å². The van der Waals surface area contributed by atoms with Gasteiger partial charge in [0.1, 0.15) is 0 Å². The molecule has 2 atom stereocenters. The quantitative estimate of drug-likeness (QED) is 0.695. The first-order valence-electron chi connectivity index (χ1n) is 6.08. The van der Waals surface area contributed by atoms with Crippen molar-refractivity contribution in [3.8, 4) is 0 Å². The Hall–Kier alpha value is -1.56. The first kappa shape index (κ1) is 13.9. The highest BCUT2D eigenvalue weighted by Gasteiger charge is 2.48. The maximum atomic E-state index is 11.6. The van der Waals surface area contributed by atoms with Crippen LogP contribution < -0.4 is 10.6 Å². The van der Waals surface area contributed by atoms with Crippen molar-refractivity contribution in [3.05, 3.63) is 28.7 Å². The number of benzene rings is 1. The summed E-state index contributed by atoms with van der Waals surface area (Å²) in [5, 5.41) is 14.6. The minimum absolute atomic E-state index is 0.163. The van der Waals surface area contributed by atoms with Gasteiger partial charge in [-0.1, -0.05) is 22.0 Å². The minimum atomic E-state index is -0.882. The molecule has 0 aliphatic heterocycles. The predicted molar refractivity (Wildman–Crippen MR) is 74.9 cm³/mol. The number of aliphatic carboxylic acids is 1. The molecular formula is C13H15BrN2O3. The Kier molecular flexibility index (Phi) is 4.42. The molecule has 1 aliphatic rings. The van der Waals surface area contributed by atoms with E-state index in [1.54, 1.807) is 0 Å². The van der Waals surface area contributed by atoms with Crippen LogP contribution in [0.5, 0.6) is 0 Å². The molecule has 5 nitrogen and oxygen atoms in total. The third-order valence-corrected chi connectivity index (χ3v) is 3.52. The molecule has 1 saturated carbocycles. The summed E-state index contributed by atoms with van der Waals surface area (Å²) in [7, 11) is 0. The molecule has 102 valence electrons. The van der Waals surface area contributed by atoms with E-state index >= 15 is 0 Å². The fraction of sp³-hybridized carbons (Fsp3) is 0.385. The number of carbonyl (C=O) groups is 2. The van der Waals surface area contributed by atoms with Crippen LogP contribution in [0.3, 0.4) is 0 Å². The van der Waals surface area contributed by atoms with Gasteiger partial charge in [0.25, 0.3) is 0 Å². The van der Waals surface area contributed by atoms with Crippen molar-refractivity contribution in [2.75, 3.05) is 18.4 Å². The number of amides is 1. The average Bonchev–Trinajstić information content (AvgIpc) is 3.15. The number of anilines is 1. The van der Waals surface area contributed by atoms with E-state index in [4.69, 9.17) is 5.11 Å². The van der Waals surface area contributed by atoms with Gasteiger partial charge in [0.2, 0.25) is 5.91 Å². The van der Waals surface area contributed by atoms with Crippen molar-refractivity contribution in [3.63, 3.8) is 0 Å². The average molecular weight is 327 g/mol. The monoisotopic (exact) mass is 326 g/mol. The smallest absolute Gasteiger partial charge is 0.307 e. The number of carboxylic acid groups (broad SMARTS) is 1. The molecule has 0 unspecified atom stereocenters. The largest absolute Gasteiger partial charge is 0.481 e. The van der Waals surface area contributed by atoms with E-state index in [1.165, 1.54) is 0 Å². The Morgan fingerprint density at radius 3 is 2.74 bits per heavy atom. The van der Waals surface area contributed by atoms with Gasteiger partial charge in [-0.05, 0) is 24.6 Å². The normalized spacial score (nSPS) is 20.7. The van der Waals surface area contributed by atoms with Crippen molar-refractivity contribution in [2.45, 2.75) is 6.42 Å². The zero-order chi connectivity index (χ0) is 13.8. The van der Waals surface area contributed by atoms with Gasteiger partial charge in [-0.15, -0.1) is 0 Å². The van der Waals surface area contributed by atoms with E-state index in [1.807, 2.05) is 24.3 Å². The topological polar surface area (TPSA) is 78.4 Å². The van der Waals surface area contributed by atoms with Gasteiger partial charge in [-0.2, -0.15) is 0 Å². The number of hydrogen-bond acceptors (Lipinski definition) is 3. The maximum absolute atomic E-state index is 11.6. The molecule has 1 aliphatic carbocycles. The summed E-state index contributed by atoms with van der Waals surface area (Å²) in [5.41, 5.74) is 0.971. The second-order valence-corrected chi connectivity index (χ2v) is 5.43. The molecule has 0 saturated heterocycles. The van der Waals surface area contributed by atoms with Gasteiger partial charge in [0.05, 0.1) is 11.8 Å². The third kappa shape index (κ3) is 3.96. The highest BCUT2D eigenvalue weighted by molar-refractivity contribution is 9.10. The number of carboxylic acids is 1. The lowest BCUT2D eigenvalue weighted by Gasteiger charge is -2.08. The van der Waals surface area contributed by atoms with E-state index in [0.29, 0.717) is 19.5 Å². The molecule has 1 fully saturated rings. The van der Waals surface area contributed by atoms with Crippen LogP contribution in [0.2, 0.25) is 0 Å². The molecule has 1 amide bonds. The van der Waals surface area contributed by atoms with Crippen molar-refractivity contribution in [1.29, 1.82) is 0 Å². The van der Waals surface area contributed by atoms with Crippen LogP contribution in [0.25, 0.3) is 0 Å². The van der Waals surface area contributed by atoms with Crippen LogP contribution in [-0.4, -0.2) is 30.1 Å². The second-order valence-electron chi connectivity index (χ2n) is 4.52. The number of rotatable bonds is 6. The Morgan fingerprint density at radius 2 is 2.11 bits per heavy atom. The zero-order valence-electron chi connectivity index (χ0n) is 10.2. The highest BCUT2D eigenvalue weighted by atomic mass is 79.9. The van der Waals surface area contributed by atoms with Crippen molar-refractivity contribution < 1.29 is 14.7 Å². The zero-order valence-corrected chi connectivity index (χ0v) is 11.8. The Bertz CT molecular complexity index is 493. The molecule has 19 heavy (non-hydrogen) atoms. The molecule has 2 rings (SSSR count). The second kappa shape index (κ2) is 6.06. The van der Waals surface area contributed by atoms with Gasteiger partial charge in [0.15, 0.2) is 0 Å². The number of nitrogens with one attached hydrogen (secondary N) is 2. The van der Waals surface area contributed by atoms with Gasteiger partial charge < -0.3 is 15.7 Å². The fourth-order valence-electron chi connectivity index (χ4n) is 1.88. The number of carbonyl (C=O) groups excluding carboxylic acids is 1. The molecule has 1 aromatic rings. The van der Waals surface area contributed by atoms with E-state index in [0.717, 1.165) is 10.2 Å². The summed E-state index contributed by atoms with van der Waals surface area (Å²) in [6, 6.07) is 7.75. The first-order valence-corrected chi connectivity index (χ1v) is 6.87. The van der Waals surface area contributed by atoms with E-state index < -0.39 is 11.9 Å². The molecule has 1 aromatic carbocycles. The fourth-order valence-corrected chi connectivity index (χ4v) is 2.28. The van der Waals surface area contributed by atoms with Crippen LogP contribution in [0, 0.1) is 11.8 Å². The summed E-state index contributed by atoms with van der Waals surface area (Å²) in [6.07, 6.45) is 0.459. The molecular weight excluding hydrogens is 312 g/mol. The number of halogens is 1. The van der Waals surface area contributed by atoms with E-state index in [-0.39, 0.29) is 11.8 Å². The molecule has 0 aromatic heterocycles. The van der Waals surface area contributed by atoms with Gasteiger partial charge in [-0.25, -0.2) is 0 Å². The van der Waals surface area contributed by atoms with Crippen LogP contribution in [0.1, 0.15) is 6.42 Å². The van der Waals surface area contributed by atoms with Gasteiger partial charge in [-0.3, -0.25) is 9.59 Å². The van der Waals surface area contributed by atoms with Crippen LogP contribution >= 0.6 is 15.9 Å². The standard InChI is InChI=1S/C13H15BrN2O3/c14-8-2-1-3-9(6-8)15-4-5-16-12(17)10-7-11(10)13(18)19/h1-3,6,10-11,15H,4-5,7H2,(H,16,17)(H,18,19)/t10-,11-/m1/s1. The third-order valence-electron chi connectivity index (χ3n) is 3.02. The van der Waals surface area contributed by atoms with Gasteiger partial charge >= 0.3 is 5.97 Å². The number of hydrogen-bond donors (Lipinski definition) is 3. The van der Waals surface area contributed by atoms with E-state index in [2.05, 4.69) is 26.6 Å². The van der Waals surface area contributed by atoms with Crippen LogP contribution in [-0.2, 0) is 9.59 Å². The summed E-state index contributed by atoms with van der Waals surface area (Å²) in [4.78, 5) is 22.2. The Balaban J connectivity index is 1.65. The predicted octanol–water partition coefficient (Wildman–Crippen LogP) is 1.70. The molecule has 0 radical (unpaired) electrons. The van der Waals surface area contributed by atoms with Crippen LogP contribution in [0.4, 0.5) is 5.69 Å². The lowest BCUT2D eigenvalue weighted by atomic mass is 10.3. The highest BCUT2D eigenvalue weighted by Crippen LogP contribution is 2.38. The Labute approximate surface area is 119 Å². The Morgan fingerprint density at radius 1 is 1.32 bits per heavy atom. The maximum Gasteiger partial charge on any atom is 0.307 e. The minimum Gasteiger partial charge on any atom is -0.481 e. The summed E-state index contributed by atoms with van der Waals surface area (Å²) >= 11 is 3.38. The summed E-state index contributed by atoms with van der Waals surface area (Å²) < 4.78 is 0.990. The van der Waals surface area contributed by atoms with Crippen molar-refractivity contribution >= 4 is 33.5 Å². The first-order chi connectivity index (χ1) is 9.08. The molecule has 3 N–H and O–H groups in total. The molecule has 6 heteroatoms. The molecule has 0 heterocycles. The van der Waals surface area contributed by atoms with Crippen molar-refractivity contribution in [2.24, 2.45) is 11.8 Å². The van der Waals surface area contributed by atoms with Crippen molar-refractivity contribution in [1.82, 2.24) is 5.32 Å². The summed E-state index contributed by atoms with van der Waals surface area (Å²) in [5.74, 6) is -1.88. The van der Waals surface area contributed by atoms with Gasteiger partial charge in [0, 0.05) is 23.2 Å². The SMILES string of the molecule is O=C(O)[C@@H]1C[C@H]1C(=O)NCCNc1cccc(Br)c1. The van der Waals surface area contributed by atoms with E-state index in [9.17, 15) is 9.59 Å². The summed E-state index contributed by atoms with van der Waals surface area (Å²) in [6.45, 7) is 1.08. The lowest BCUT2D eigenvalue weighted by molar-refractivity contribution is -0.140. The molecule has 0 bridgehead atoms.